The minimum Gasteiger partial charge on any atom is -0.452 e. The van der Waals surface area contributed by atoms with Gasteiger partial charge in [-0.3, -0.25) is 9.59 Å². The molecule has 4 heteroatoms. The van der Waals surface area contributed by atoms with Crippen molar-refractivity contribution in [3.8, 4) is 0 Å². The van der Waals surface area contributed by atoms with E-state index in [0.29, 0.717) is 6.54 Å². The Morgan fingerprint density at radius 2 is 1.96 bits per heavy atom. The molecule has 0 aromatic heterocycles. The number of esters is 1. The van der Waals surface area contributed by atoms with Gasteiger partial charge in [-0.15, -0.1) is 0 Å². The van der Waals surface area contributed by atoms with Crippen molar-refractivity contribution in [2.24, 2.45) is 0 Å². The smallest absolute Gasteiger partial charge is 0.311 e. The van der Waals surface area contributed by atoms with Crippen molar-refractivity contribution in [3.05, 3.63) is 47.0 Å². The maximum absolute atomic E-state index is 12.0. The van der Waals surface area contributed by atoms with Gasteiger partial charge in [0.2, 0.25) is 0 Å². The van der Waals surface area contributed by atoms with E-state index in [-0.39, 0.29) is 18.3 Å². The Morgan fingerprint density at radius 1 is 1.21 bits per heavy atom. The molecule has 0 saturated heterocycles. The number of nitrogens with one attached hydrogen (secondary N) is 1. The van der Waals surface area contributed by atoms with Gasteiger partial charge in [0.1, 0.15) is 0 Å². The molecule has 1 atom stereocenters. The SMILES string of the molecule is Cc1ccc(CC(=O)O[C@H](C)C(=O)NCCC2=CCCCC2)cc1. The molecule has 1 aromatic carbocycles. The minimum absolute atomic E-state index is 0.185. The van der Waals surface area contributed by atoms with Crippen molar-refractivity contribution < 1.29 is 14.3 Å². The number of carbonyl (C=O) groups excluding carboxylic acids is 2. The predicted molar refractivity (Wildman–Crippen MR) is 94.6 cm³/mol. The van der Waals surface area contributed by atoms with E-state index in [9.17, 15) is 9.59 Å². The van der Waals surface area contributed by atoms with Crippen molar-refractivity contribution in [2.45, 2.75) is 58.5 Å². The molecule has 130 valence electrons. The number of ether oxygens (including phenoxy) is 1. The predicted octanol–water partition coefficient (Wildman–Crippen LogP) is 3.48. The number of aryl methyl sites for hydroxylation is 1. The second kappa shape index (κ2) is 9.26. The van der Waals surface area contributed by atoms with Crippen molar-refractivity contribution in [1.29, 1.82) is 0 Å². The summed E-state index contributed by atoms with van der Waals surface area (Å²) in [4.78, 5) is 23.9. The molecule has 0 aliphatic heterocycles. The number of allylic oxidation sites excluding steroid dienone is 1. The van der Waals surface area contributed by atoms with Crippen molar-refractivity contribution in [3.63, 3.8) is 0 Å². The fourth-order valence-electron chi connectivity index (χ4n) is 2.79. The van der Waals surface area contributed by atoms with Gasteiger partial charge in [-0.1, -0.05) is 41.5 Å². The third kappa shape index (κ3) is 6.19. The quantitative estimate of drug-likeness (QED) is 0.615. The van der Waals surface area contributed by atoms with Crippen LogP contribution in [-0.4, -0.2) is 24.5 Å². The zero-order valence-corrected chi connectivity index (χ0v) is 14.6. The molecular weight excluding hydrogens is 302 g/mol. The molecule has 4 nitrogen and oxygen atoms in total. The van der Waals surface area contributed by atoms with Crippen LogP contribution in [0.1, 0.15) is 50.2 Å². The monoisotopic (exact) mass is 329 g/mol. The van der Waals surface area contributed by atoms with Gasteiger partial charge in [0, 0.05) is 6.54 Å². The van der Waals surface area contributed by atoms with Crippen molar-refractivity contribution >= 4 is 11.9 Å². The third-order valence-electron chi connectivity index (χ3n) is 4.28. The number of rotatable bonds is 7. The molecule has 1 amide bonds. The maximum Gasteiger partial charge on any atom is 0.311 e. The highest BCUT2D eigenvalue weighted by atomic mass is 16.5. The molecular formula is C20H27NO3. The van der Waals surface area contributed by atoms with Crippen LogP contribution in [0.5, 0.6) is 0 Å². The molecule has 0 fully saturated rings. The first-order chi connectivity index (χ1) is 11.5. The largest absolute Gasteiger partial charge is 0.452 e. The summed E-state index contributed by atoms with van der Waals surface area (Å²) in [7, 11) is 0. The Morgan fingerprint density at radius 3 is 2.62 bits per heavy atom. The van der Waals surface area contributed by atoms with E-state index in [1.165, 1.54) is 18.4 Å². The number of carbonyl (C=O) groups is 2. The van der Waals surface area contributed by atoms with Crippen LogP contribution in [0.3, 0.4) is 0 Å². The molecule has 0 spiro atoms. The summed E-state index contributed by atoms with van der Waals surface area (Å²) in [6.45, 7) is 4.21. The average Bonchev–Trinajstić information content (AvgIpc) is 2.57. The summed E-state index contributed by atoms with van der Waals surface area (Å²) in [5, 5.41) is 2.85. The summed E-state index contributed by atoms with van der Waals surface area (Å²) < 4.78 is 5.22. The van der Waals surface area contributed by atoms with Crippen LogP contribution in [0.2, 0.25) is 0 Å². The van der Waals surface area contributed by atoms with Gasteiger partial charge in [0.25, 0.3) is 5.91 Å². The van der Waals surface area contributed by atoms with E-state index in [2.05, 4.69) is 11.4 Å². The molecule has 1 aliphatic carbocycles. The minimum atomic E-state index is -0.761. The van der Waals surface area contributed by atoms with Crippen LogP contribution in [-0.2, 0) is 20.7 Å². The van der Waals surface area contributed by atoms with Gasteiger partial charge < -0.3 is 10.1 Å². The molecule has 1 aromatic rings. The van der Waals surface area contributed by atoms with E-state index in [1.54, 1.807) is 6.92 Å². The first-order valence-electron chi connectivity index (χ1n) is 8.75. The first kappa shape index (κ1) is 18.2. The molecule has 1 aliphatic rings. The fourth-order valence-corrected chi connectivity index (χ4v) is 2.79. The van der Waals surface area contributed by atoms with Gasteiger partial charge in [-0.05, 0) is 51.5 Å². The summed E-state index contributed by atoms with van der Waals surface area (Å²) in [6, 6.07) is 7.72. The van der Waals surface area contributed by atoms with Crippen LogP contribution in [0.4, 0.5) is 0 Å². The lowest BCUT2D eigenvalue weighted by Crippen LogP contribution is -2.36. The topological polar surface area (TPSA) is 55.4 Å². The molecule has 0 radical (unpaired) electrons. The van der Waals surface area contributed by atoms with Crippen LogP contribution in [0, 0.1) is 6.92 Å². The number of hydrogen-bond donors (Lipinski definition) is 1. The van der Waals surface area contributed by atoms with Crippen molar-refractivity contribution in [2.75, 3.05) is 6.54 Å². The molecule has 0 heterocycles. The van der Waals surface area contributed by atoms with Crippen LogP contribution in [0.25, 0.3) is 0 Å². The summed E-state index contributed by atoms with van der Waals surface area (Å²) in [6.07, 6.45) is 7.38. The lowest BCUT2D eigenvalue weighted by atomic mass is 9.97. The van der Waals surface area contributed by atoms with E-state index >= 15 is 0 Å². The zero-order valence-electron chi connectivity index (χ0n) is 14.6. The normalized spacial score (nSPS) is 15.3. The standard InChI is InChI=1S/C20H27NO3/c1-15-8-10-18(11-9-15)14-19(22)24-16(2)20(23)21-13-12-17-6-4-3-5-7-17/h6,8-11,16H,3-5,7,12-14H2,1-2H3,(H,21,23)/t16-/m1/s1. The molecule has 0 unspecified atom stereocenters. The van der Waals surface area contributed by atoms with E-state index in [1.807, 2.05) is 31.2 Å². The molecule has 0 saturated carbocycles. The summed E-state index contributed by atoms with van der Waals surface area (Å²) >= 11 is 0. The zero-order chi connectivity index (χ0) is 17.4. The van der Waals surface area contributed by atoms with Crippen molar-refractivity contribution in [1.82, 2.24) is 5.32 Å². The van der Waals surface area contributed by atoms with Gasteiger partial charge in [0.05, 0.1) is 6.42 Å². The molecule has 0 bridgehead atoms. The highest BCUT2D eigenvalue weighted by Crippen LogP contribution is 2.19. The number of amides is 1. The maximum atomic E-state index is 12.0. The number of benzene rings is 1. The summed E-state index contributed by atoms with van der Waals surface area (Å²) in [5.41, 5.74) is 3.46. The second-order valence-corrected chi connectivity index (χ2v) is 6.44. The van der Waals surface area contributed by atoms with Gasteiger partial charge >= 0.3 is 5.97 Å². The van der Waals surface area contributed by atoms with E-state index in [4.69, 9.17) is 4.74 Å². The van der Waals surface area contributed by atoms with Crippen LogP contribution >= 0.6 is 0 Å². The van der Waals surface area contributed by atoms with Gasteiger partial charge in [-0.2, -0.15) is 0 Å². The summed E-state index contributed by atoms with van der Waals surface area (Å²) in [5.74, 6) is -0.611. The van der Waals surface area contributed by atoms with Gasteiger partial charge in [-0.25, -0.2) is 0 Å². The molecule has 1 N–H and O–H groups in total. The van der Waals surface area contributed by atoms with E-state index in [0.717, 1.165) is 30.4 Å². The first-order valence-corrected chi connectivity index (χ1v) is 8.75. The second-order valence-electron chi connectivity index (χ2n) is 6.44. The Balaban J connectivity index is 1.69. The van der Waals surface area contributed by atoms with Crippen LogP contribution in [0.15, 0.2) is 35.9 Å². The highest BCUT2D eigenvalue weighted by molar-refractivity contribution is 5.83. The van der Waals surface area contributed by atoms with Crippen LogP contribution < -0.4 is 5.32 Å². The Bertz CT molecular complexity index is 589. The Labute approximate surface area is 144 Å². The Hall–Kier alpha value is -2.10. The fraction of sp³-hybridized carbons (Fsp3) is 0.500. The lowest BCUT2D eigenvalue weighted by molar-refractivity contribution is -0.154. The number of hydrogen-bond acceptors (Lipinski definition) is 3. The lowest BCUT2D eigenvalue weighted by Gasteiger charge is -2.15. The molecule has 24 heavy (non-hydrogen) atoms. The average molecular weight is 329 g/mol. The van der Waals surface area contributed by atoms with Gasteiger partial charge in [0.15, 0.2) is 6.10 Å². The highest BCUT2D eigenvalue weighted by Gasteiger charge is 2.17. The van der Waals surface area contributed by atoms with E-state index < -0.39 is 6.10 Å². The molecule has 2 rings (SSSR count). The third-order valence-corrected chi connectivity index (χ3v) is 4.28. The Kier molecular flexibility index (Phi) is 7.04.